The van der Waals surface area contributed by atoms with Crippen LogP contribution in [0, 0.1) is 11.6 Å². The molecular formula is C29H39F4N3O3S. The predicted octanol–water partition coefficient (Wildman–Crippen LogP) is 6.40. The Bertz CT molecular complexity index is 1180. The van der Waals surface area contributed by atoms with Crippen molar-refractivity contribution in [2.24, 2.45) is 0 Å². The lowest BCUT2D eigenvalue weighted by molar-refractivity contribution is -0.0657. The van der Waals surface area contributed by atoms with E-state index in [0.717, 1.165) is 29.0 Å². The lowest BCUT2D eigenvalue weighted by atomic mass is 9.83. The zero-order chi connectivity index (χ0) is 29.9. The third-order valence-electron chi connectivity index (χ3n) is 6.40. The first kappa shape index (κ1) is 33.5. The van der Waals surface area contributed by atoms with E-state index >= 15 is 0 Å². The van der Waals surface area contributed by atoms with Gasteiger partial charge in [0.1, 0.15) is 27.6 Å². The Kier molecular flexibility index (Phi) is 13.3. The lowest BCUT2D eigenvalue weighted by Crippen LogP contribution is -2.65. The second kappa shape index (κ2) is 15.9. The first-order valence-electron chi connectivity index (χ1n) is 13.4. The zero-order valence-corrected chi connectivity index (χ0v) is 24.4. The minimum Gasteiger partial charge on any atom is -0.494 e. The largest absolute Gasteiger partial charge is 0.494 e. The Labute approximate surface area is 237 Å². The number of rotatable bonds is 9. The SMILES string of the molecule is CC.CC.COc1cc(F)c(-c2nc(CO)c(N3CCCC(NCc4ccccc4)(C(O)C(F)F)C3)s2)cc1F. The molecule has 1 aromatic heterocycles. The minimum atomic E-state index is -2.97. The fraction of sp³-hybridized carbons (Fsp3) is 0.483. The molecule has 0 bridgehead atoms. The molecule has 6 nitrogen and oxygen atoms in total. The first-order chi connectivity index (χ1) is 19.3. The van der Waals surface area contributed by atoms with Gasteiger partial charge in [0.15, 0.2) is 11.6 Å². The van der Waals surface area contributed by atoms with Crippen molar-refractivity contribution in [2.45, 2.75) is 71.8 Å². The Balaban J connectivity index is 0.00000134. The van der Waals surface area contributed by atoms with E-state index in [4.69, 9.17) is 4.74 Å². The average Bonchev–Trinajstić information content (AvgIpc) is 3.43. The Morgan fingerprint density at radius 2 is 1.77 bits per heavy atom. The van der Waals surface area contributed by atoms with Crippen molar-refractivity contribution in [2.75, 3.05) is 25.1 Å². The summed E-state index contributed by atoms with van der Waals surface area (Å²) in [7, 11) is 1.23. The summed E-state index contributed by atoms with van der Waals surface area (Å²) < 4.78 is 61.3. The van der Waals surface area contributed by atoms with Crippen LogP contribution in [0.5, 0.6) is 5.75 Å². The van der Waals surface area contributed by atoms with Gasteiger partial charge in [-0.1, -0.05) is 69.4 Å². The topological polar surface area (TPSA) is 77.9 Å². The number of hydrogen-bond donors (Lipinski definition) is 3. The van der Waals surface area contributed by atoms with Crippen molar-refractivity contribution in [3.63, 3.8) is 0 Å². The molecule has 40 heavy (non-hydrogen) atoms. The highest BCUT2D eigenvalue weighted by Gasteiger charge is 2.46. The molecule has 3 N–H and O–H groups in total. The van der Waals surface area contributed by atoms with Crippen molar-refractivity contribution in [1.29, 1.82) is 0 Å². The van der Waals surface area contributed by atoms with Crippen LogP contribution < -0.4 is 15.0 Å². The summed E-state index contributed by atoms with van der Waals surface area (Å²) in [6.45, 7) is 8.26. The van der Waals surface area contributed by atoms with Crippen molar-refractivity contribution in [3.8, 4) is 16.3 Å². The molecule has 0 radical (unpaired) electrons. The first-order valence-corrected chi connectivity index (χ1v) is 14.2. The van der Waals surface area contributed by atoms with Crippen LogP contribution in [0.4, 0.5) is 22.6 Å². The fourth-order valence-electron chi connectivity index (χ4n) is 4.52. The van der Waals surface area contributed by atoms with Gasteiger partial charge in [-0.05, 0) is 24.5 Å². The molecule has 2 heterocycles. The quantitative estimate of drug-likeness (QED) is 0.253. The standard InChI is InChI=1S/C25H27F4N3O3S.2C2H6/c1-35-20-11-17(26)16(10-18(20)27)23-31-19(13-33)24(36-23)32-9-5-8-25(14-32,21(34)22(28)29)30-12-15-6-3-2-4-7-15;2*1-2/h2-4,6-7,10-11,21-22,30,33-34H,5,8-9,12-14H2,1H3;2*1-2H3. The number of thiazole rings is 1. The molecule has 1 aliphatic rings. The molecule has 2 unspecified atom stereocenters. The Morgan fingerprint density at radius 3 is 2.38 bits per heavy atom. The van der Waals surface area contributed by atoms with E-state index in [9.17, 15) is 27.8 Å². The molecule has 11 heteroatoms. The summed E-state index contributed by atoms with van der Waals surface area (Å²) >= 11 is 1.03. The van der Waals surface area contributed by atoms with Crippen LogP contribution in [0.3, 0.4) is 0 Å². The Hall–Kier alpha value is -2.73. The van der Waals surface area contributed by atoms with E-state index in [1.165, 1.54) is 7.11 Å². The van der Waals surface area contributed by atoms with Crippen molar-refractivity contribution in [3.05, 3.63) is 65.4 Å². The molecule has 3 aromatic rings. The van der Waals surface area contributed by atoms with E-state index in [0.29, 0.717) is 24.4 Å². The third kappa shape index (κ3) is 7.72. The van der Waals surface area contributed by atoms with E-state index < -0.39 is 36.3 Å². The van der Waals surface area contributed by atoms with Crippen LogP contribution >= 0.6 is 11.3 Å². The molecule has 0 amide bonds. The third-order valence-corrected chi connectivity index (χ3v) is 7.59. The number of piperidine rings is 1. The molecule has 4 rings (SSSR count). The summed E-state index contributed by atoms with van der Waals surface area (Å²) in [5.74, 6) is -1.76. The second-order valence-corrected chi connectivity index (χ2v) is 9.67. The van der Waals surface area contributed by atoms with Gasteiger partial charge in [0.25, 0.3) is 6.43 Å². The van der Waals surface area contributed by atoms with Gasteiger partial charge in [-0.2, -0.15) is 0 Å². The number of benzene rings is 2. The number of alkyl halides is 2. The van der Waals surface area contributed by atoms with Crippen LogP contribution in [-0.2, 0) is 13.2 Å². The van der Waals surface area contributed by atoms with Crippen molar-refractivity contribution < 1.29 is 32.5 Å². The average molecular weight is 586 g/mol. The van der Waals surface area contributed by atoms with Gasteiger partial charge < -0.3 is 25.2 Å². The van der Waals surface area contributed by atoms with Gasteiger partial charge in [0.2, 0.25) is 0 Å². The number of aliphatic hydroxyl groups excluding tert-OH is 2. The second-order valence-electron chi connectivity index (χ2n) is 8.70. The smallest absolute Gasteiger partial charge is 0.265 e. The van der Waals surface area contributed by atoms with E-state index in [1.807, 2.05) is 58.0 Å². The summed E-state index contributed by atoms with van der Waals surface area (Å²) in [4.78, 5) is 6.06. The maximum atomic E-state index is 14.7. The van der Waals surface area contributed by atoms with Crippen LogP contribution in [0.1, 0.15) is 51.8 Å². The summed E-state index contributed by atoms with van der Waals surface area (Å²) in [6, 6.07) is 11.1. The molecular weight excluding hydrogens is 546 g/mol. The highest BCUT2D eigenvalue weighted by Crippen LogP contribution is 2.40. The molecule has 1 aliphatic heterocycles. The number of nitrogens with zero attached hydrogens (tertiary/aromatic N) is 2. The van der Waals surface area contributed by atoms with E-state index in [2.05, 4.69) is 10.3 Å². The number of ether oxygens (including phenoxy) is 1. The fourth-order valence-corrected chi connectivity index (χ4v) is 5.64. The van der Waals surface area contributed by atoms with Crippen LogP contribution in [-0.4, -0.2) is 53.5 Å². The number of aromatic nitrogens is 1. The van der Waals surface area contributed by atoms with Crippen LogP contribution in [0.25, 0.3) is 10.6 Å². The number of anilines is 1. The Morgan fingerprint density at radius 1 is 1.10 bits per heavy atom. The van der Waals surface area contributed by atoms with Gasteiger partial charge in [-0.15, -0.1) is 0 Å². The molecule has 0 aliphatic carbocycles. The number of hydrogen-bond acceptors (Lipinski definition) is 7. The molecule has 0 saturated carbocycles. The van der Waals surface area contributed by atoms with Crippen molar-refractivity contribution in [1.82, 2.24) is 10.3 Å². The number of aliphatic hydroxyl groups is 2. The number of halogens is 4. The molecule has 0 spiro atoms. The molecule has 1 saturated heterocycles. The lowest BCUT2D eigenvalue weighted by Gasteiger charge is -2.46. The van der Waals surface area contributed by atoms with Crippen molar-refractivity contribution >= 4 is 16.3 Å². The number of nitrogens with one attached hydrogen (secondary N) is 1. The maximum Gasteiger partial charge on any atom is 0.265 e. The predicted molar refractivity (Wildman–Crippen MR) is 152 cm³/mol. The monoisotopic (exact) mass is 585 g/mol. The summed E-state index contributed by atoms with van der Waals surface area (Å²) in [5, 5.41) is 24.3. The maximum absolute atomic E-state index is 14.7. The van der Waals surface area contributed by atoms with Gasteiger partial charge in [-0.3, -0.25) is 0 Å². The normalized spacial score (nSPS) is 17.4. The number of methoxy groups -OCH3 is 1. The minimum absolute atomic E-state index is 0.0133. The summed E-state index contributed by atoms with van der Waals surface area (Å²) in [5.41, 5.74) is -0.340. The van der Waals surface area contributed by atoms with Crippen LogP contribution in [0.15, 0.2) is 42.5 Å². The van der Waals surface area contributed by atoms with Gasteiger partial charge in [-0.25, -0.2) is 22.5 Å². The molecule has 222 valence electrons. The van der Waals surface area contributed by atoms with Crippen LogP contribution in [0.2, 0.25) is 0 Å². The highest BCUT2D eigenvalue weighted by atomic mass is 32.1. The zero-order valence-electron chi connectivity index (χ0n) is 23.6. The molecule has 2 aromatic carbocycles. The summed E-state index contributed by atoms with van der Waals surface area (Å²) in [6.07, 6.45) is -4.13. The van der Waals surface area contributed by atoms with Gasteiger partial charge in [0, 0.05) is 31.3 Å². The van der Waals surface area contributed by atoms with Gasteiger partial charge in [0.05, 0.1) is 19.3 Å². The van der Waals surface area contributed by atoms with Gasteiger partial charge >= 0.3 is 0 Å². The molecule has 2 atom stereocenters. The van der Waals surface area contributed by atoms with E-state index in [1.54, 1.807) is 4.90 Å². The highest BCUT2D eigenvalue weighted by molar-refractivity contribution is 7.19. The molecule has 1 fully saturated rings. The van der Waals surface area contributed by atoms with E-state index in [-0.39, 0.29) is 35.1 Å².